The Hall–Kier alpha value is -1.88. The molecule has 3 nitrogen and oxygen atoms in total. The van der Waals surface area contributed by atoms with Crippen molar-refractivity contribution in [3.8, 4) is 0 Å². The van der Waals surface area contributed by atoms with Gasteiger partial charge in [0.2, 0.25) is 0 Å². The van der Waals surface area contributed by atoms with Gasteiger partial charge < -0.3 is 5.32 Å². The van der Waals surface area contributed by atoms with E-state index in [9.17, 15) is 9.18 Å². The normalized spacial score (nSPS) is 10.3. The monoisotopic (exact) mass is 290 g/mol. The zero-order chi connectivity index (χ0) is 14.5. The number of aromatic nitrogens is 1. The summed E-state index contributed by atoms with van der Waals surface area (Å²) in [4.78, 5) is 16.3. The Morgan fingerprint density at radius 3 is 2.90 bits per heavy atom. The van der Waals surface area contributed by atoms with E-state index in [0.29, 0.717) is 22.7 Å². The average Bonchev–Trinajstić information content (AvgIpc) is 2.48. The maximum atomic E-state index is 13.2. The summed E-state index contributed by atoms with van der Waals surface area (Å²) in [5, 5.41) is 3.52. The van der Waals surface area contributed by atoms with Crippen LogP contribution in [0.1, 0.15) is 21.5 Å². The third-order valence-corrected chi connectivity index (χ3v) is 3.60. The van der Waals surface area contributed by atoms with Gasteiger partial charge in [-0.2, -0.15) is 0 Å². The number of halogens is 1. The molecular weight excluding hydrogens is 275 g/mol. The zero-order valence-electron chi connectivity index (χ0n) is 11.3. The van der Waals surface area contributed by atoms with Crippen molar-refractivity contribution in [2.45, 2.75) is 18.5 Å². The van der Waals surface area contributed by atoms with Gasteiger partial charge in [-0.3, -0.25) is 4.79 Å². The van der Waals surface area contributed by atoms with Gasteiger partial charge in [0.25, 0.3) is 5.91 Å². The first-order valence-electron chi connectivity index (χ1n) is 6.14. The Kier molecular flexibility index (Phi) is 4.74. The van der Waals surface area contributed by atoms with Gasteiger partial charge in [0.15, 0.2) is 0 Å². The highest BCUT2D eigenvalue weighted by Crippen LogP contribution is 2.16. The van der Waals surface area contributed by atoms with E-state index in [1.807, 2.05) is 6.26 Å². The molecule has 104 valence electrons. The molecule has 0 spiro atoms. The van der Waals surface area contributed by atoms with E-state index in [1.165, 1.54) is 17.8 Å². The predicted octanol–water partition coefficient (Wildman–Crippen LogP) is 3.18. The Morgan fingerprint density at radius 1 is 1.40 bits per heavy atom. The minimum absolute atomic E-state index is 0.176. The van der Waals surface area contributed by atoms with Gasteiger partial charge in [-0.1, -0.05) is 12.1 Å². The summed E-state index contributed by atoms with van der Waals surface area (Å²) in [5.74, 6) is -0.415. The van der Waals surface area contributed by atoms with Crippen molar-refractivity contribution in [1.82, 2.24) is 10.3 Å². The molecule has 0 radical (unpaired) electrons. The highest BCUT2D eigenvalue weighted by atomic mass is 32.2. The SMILES string of the molecule is CSc1ncccc1C(=O)NCc1ccc(F)c(C)c1. The number of rotatable bonds is 4. The van der Waals surface area contributed by atoms with Crippen LogP contribution in [0.5, 0.6) is 0 Å². The highest BCUT2D eigenvalue weighted by molar-refractivity contribution is 7.98. The first kappa shape index (κ1) is 14.5. The Balaban J connectivity index is 2.06. The quantitative estimate of drug-likeness (QED) is 0.879. The van der Waals surface area contributed by atoms with E-state index in [0.717, 1.165) is 5.56 Å². The first-order valence-corrected chi connectivity index (χ1v) is 7.36. The van der Waals surface area contributed by atoms with E-state index in [2.05, 4.69) is 10.3 Å². The van der Waals surface area contributed by atoms with E-state index in [1.54, 1.807) is 37.4 Å². The number of pyridine rings is 1. The molecule has 5 heteroatoms. The largest absolute Gasteiger partial charge is 0.348 e. The summed E-state index contributed by atoms with van der Waals surface area (Å²) >= 11 is 1.43. The third kappa shape index (κ3) is 3.36. The number of thioether (sulfide) groups is 1. The van der Waals surface area contributed by atoms with Crippen LogP contribution < -0.4 is 5.32 Å². The third-order valence-electron chi connectivity index (χ3n) is 2.88. The summed E-state index contributed by atoms with van der Waals surface area (Å²) in [6, 6.07) is 8.28. The molecule has 2 rings (SSSR count). The van der Waals surface area contributed by atoms with E-state index >= 15 is 0 Å². The van der Waals surface area contributed by atoms with Crippen LogP contribution >= 0.6 is 11.8 Å². The molecule has 0 saturated heterocycles. The summed E-state index contributed by atoms with van der Waals surface area (Å²) in [5.41, 5.74) is 1.99. The van der Waals surface area contributed by atoms with Gasteiger partial charge in [-0.25, -0.2) is 9.37 Å². The second kappa shape index (κ2) is 6.52. The van der Waals surface area contributed by atoms with Crippen LogP contribution in [0.2, 0.25) is 0 Å². The maximum Gasteiger partial charge on any atom is 0.254 e. The molecule has 1 N–H and O–H groups in total. The molecule has 0 unspecified atom stereocenters. The van der Waals surface area contributed by atoms with Crippen LogP contribution in [0.3, 0.4) is 0 Å². The Labute approximate surface area is 121 Å². The van der Waals surface area contributed by atoms with Gasteiger partial charge in [-0.05, 0) is 42.5 Å². The van der Waals surface area contributed by atoms with Crippen LogP contribution in [0.4, 0.5) is 4.39 Å². The van der Waals surface area contributed by atoms with E-state index in [-0.39, 0.29) is 11.7 Å². The number of aryl methyl sites for hydroxylation is 1. The minimum Gasteiger partial charge on any atom is -0.348 e. The van der Waals surface area contributed by atoms with Crippen molar-refractivity contribution in [3.05, 3.63) is 59.0 Å². The number of nitrogens with zero attached hydrogens (tertiary/aromatic N) is 1. The van der Waals surface area contributed by atoms with Gasteiger partial charge in [-0.15, -0.1) is 11.8 Å². The lowest BCUT2D eigenvalue weighted by Crippen LogP contribution is -2.23. The van der Waals surface area contributed by atoms with Crippen molar-refractivity contribution in [2.75, 3.05) is 6.26 Å². The summed E-state index contributed by atoms with van der Waals surface area (Å²) in [6.07, 6.45) is 3.54. The van der Waals surface area contributed by atoms with Crippen LogP contribution in [-0.2, 0) is 6.54 Å². The van der Waals surface area contributed by atoms with Gasteiger partial charge in [0, 0.05) is 12.7 Å². The van der Waals surface area contributed by atoms with Gasteiger partial charge in [0.1, 0.15) is 10.8 Å². The predicted molar refractivity (Wildman–Crippen MR) is 78.3 cm³/mol. The molecule has 20 heavy (non-hydrogen) atoms. The zero-order valence-corrected chi connectivity index (χ0v) is 12.1. The molecule has 1 aromatic heterocycles. The van der Waals surface area contributed by atoms with E-state index < -0.39 is 0 Å². The maximum absolute atomic E-state index is 13.2. The molecule has 0 saturated carbocycles. The number of hydrogen-bond donors (Lipinski definition) is 1. The second-order valence-electron chi connectivity index (χ2n) is 4.33. The molecule has 1 aromatic carbocycles. The fourth-order valence-electron chi connectivity index (χ4n) is 1.82. The number of nitrogens with one attached hydrogen (secondary N) is 1. The standard InChI is InChI=1S/C15H15FN2OS/c1-10-8-11(5-6-13(10)16)9-18-14(19)12-4-3-7-17-15(12)20-2/h3-8H,9H2,1-2H3,(H,18,19). The molecule has 2 aromatic rings. The van der Waals surface area contributed by atoms with Crippen LogP contribution in [0, 0.1) is 12.7 Å². The molecular formula is C15H15FN2OS. The highest BCUT2D eigenvalue weighted by Gasteiger charge is 2.11. The molecule has 0 aliphatic carbocycles. The van der Waals surface area contributed by atoms with Crippen molar-refractivity contribution < 1.29 is 9.18 Å². The minimum atomic E-state index is -0.239. The average molecular weight is 290 g/mol. The molecule has 0 fully saturated rings. The van der Waals surface area contributed by atoms with Crippen molar-refractivity contribution in [1.29, 1.82) is 0 Å². The molecule has 0 bridgehead atoms. The number of carbonyl (C=O) groups excluding carboxylic acids is 1. The van der Waals surface area contributed by atoms with Gasteiger partial charge >= 0.3 is 0 Å². The second-order valence-corrected chi connectivity index (χ2v) is 5.12. The molecule has 1 heterocycles. The Bertz CT molecular complexity index is 631. The summed E-state index contributed by atoms with van der Waals surface area (Å²) in [6.45, 7) is 2.07. The molecule has 0 aliphatic rings. The van der Waals surface area contributed by atoms with Crippen molar-refractivity contribution in [2.24, 2.45) is 0 Å². The van der Waals surface area contributed by atoms with Crippen LogP contribution in [0.15, 0.2) is 41.6 Å². The van der Waals surface area contributed by atoms with Crippen molar-refractivity contribution >= 4 is 17.7 Å². The molecule has 0 aliphatic heterocycles. The summed E-state index contributed by atoms with van der Waals surface area (Å²) in [7, 11) is 0. The van der Waals surface area contributed by atoms with Gasteiger partial charge in [0.05, 0.1) is 5.56 Å². The topological polar surface area (TPSA) is 42.0 Å². The fourth-order valence-corrected chi connectivity index (χ4v) is 2.37. The number of hydrogen-bond acceptors (Lipinski definition) is 3. The number of benzene rings is 1. The summed E-state index contributed by atoms with van der Waals surface area (Å²) < 4.78 is 13.2. The smallest absolute Gasteiger partial charge is 0.254 e. The number of carbonyl (C=O) groups is 1. The van der Waals surface area contributed by atoms with Crippen LogP contribution in [0.25, 0.3) is 0 Å². The fraction of sp³-hybridized carbons (Fsp3) is 0.200. The lowest BCUT2D eigenvalue weighted by atomic mass is 10.1. The number of amides is 1. The van der Waals surface area contributed by atoms with Crippen LogP contribution in [-0.4, -0.2) is 17.1 Å². The lowest BCUT2D eigenvalue weighted by Gasteiger charge is -2.08. The molecule has 0 atom stereocenters. The molecule has 1 amide bonds. The van der Waals surface area contributed by atoms with Crippen molar-refractivity contribution in [3.63, 3.8) is 0 Å². The lowest BCUT2D eigenvalue weighted by molar-refractivity contribution is 0.0947. The van der Waals surface area contributed by atoms with E-state index in [4.69, 9.17) is 0 Å². The Morgan fingerprint density at radius 2 is 2.20 bits per heavy atom. The first-order chi connectivity index (χ1) is 9.61.